The van der Waals surface area contributed by atoms with Crippen LogP contribution < -0.4 is 5.56 Å². The number of H-pyrrole nitrogens is 1. The highest BCUT2D eigenvalue weighted by molar-refractivity contribution is 7.91. The minimum absolute atomic E-state index is 0.00360. The number of rotatable bonds is 3. The minimum Gasteiger partial charge on any atom is -0.328 e. The zero-order valence-corrected chi connectivity index (χ0v) is 15.0. The van der Waals surface area contributed by atoms with Crippen LogP contribution in [0, 0.1) is 6.92 Å². The van der Waals surface area contributed by atoms with Crippen LogP contribution in [0.3, 0.4) is 0 Å². The van der Waals surface area contributed by atoms with Gasteiger partial charge in [-0.3, -0.25) is 4.79 Å². The molecule has 1 aliphatic heterocycles. The van der Waals surface area contributed by atoms with Crippen molar-refractivity contribution in [2.75, 3.05) is 11.5 Å². The summed E-state index contributed by atoms with van der Waals surface area (Å²) in [6.07, 6.45) is 2.00. The van der Waals surface area contributed by atoms with Gasteiger partial charge in [-0.2, -0.15) is 0 Å². The summed E-state index contributed by atoms with van der Waals surface area (Å²) in [7, 11) is -3.09. The Bertz CT molecular complexity index is 1100. The molecule has 10 heteroatoms. The van der Waals surface area contributed by atoms with Gasteiger partial charge in [0.15, 0.2) is 15.7 Å². The molecule has 1 aliphatic rings. The molecule has 0 amide bonds. The predicted octanol–water partition coefficient (Wildman–Crippen LogP) is 1.42. The topological polar surface area (TPSA) is 111 Å². The number of aromatic amines is 1. The lowest BCUT2D eigenvalue weighted by Crippen LogP contribution is -2.17. The number of nitrogens with zero attached hydrogens (tertiary/aromatic N) is 4. The molecule has 0 radical (unpaired) electrons. The molecule has 0 aliphatic carbocycles. The minimum atomic E-state index is -3.09. The molecular weight excluding hydrogens is 362 g/mol. The lowest BCUT2D eigenvalue weighted by molar-refractivity contribution is 0.505. The number of aromatic nitrogens is 5. The molecule has 0 bridgehead atoms. The number of nitrogens with one attached hydrogen (secondary N) is 1. The molecule has 0 aromatic carbocycles. The molecule has 0 spiro atoms. The van der Waals surface area contributed by atoms with Crippen LogP contribution in [0.1, 0.15) is 17.5 Å². The number of pyridine rings is 1. The maximum atomic E-state index is 12.2. The van der Waals surface area contributed by atoms with Gasteiger partial charge in [-0.25, -0.2) is 23.1 Å². The van der Waals surface area contributed by atoms with Crippen LogP contribution in [-0.2, 0) is 9.84 Å². The van der Waals surface area contributed by atoms with E-state index < -0.39 is 9.84 Å². The zero-order valence-electron chi connectivity index (χ0n) is 13.3. The van der Waals surface area contributed by atoms with Gasteiger partial charge in [-0.05, 0) is 25.5 Å². The molecule has 4 rings (SSSR count). The Morgan fingerprint density at radius 2 is 2.20 bits per heavy atom. The van der Waals surface area contributed by atoms with E-state index in [1.54, 1.807) is 16.8 Å². The van der Waals surface area contributed by atoms with Crippen LogP contribution in [0.4, 0.5) is 0 Å². The largest absolute Gasteiger partial charge is 0.328 e. The second-order valence-corrected chi connectivity index (χ2v) is 9.22. The quantitative estimate of drug-likeness (QED) is 0.739. The van der Waals surface area contributed by atoms with E-state index in [2.05, 4.69) is 20.1 Å². The summed E-state index contributed by atoms with van der Waals surface area (Å²) >= 11 is 1.48. The Morgan fingerprint density at radius 3 is 2.84 bits per heavy atom. The summed E-state index contributed by atoms with van der Waals surface area (Å²) in [5.41, 5.74) is 0.686. The van der Waals surface area contributed by atoms with Crippen LogP contribution in [0.2, 0.25) is 0 Å². The standard InChI is InChI=1S/C15H15N5O3S2/c1-9-17-12(7-24-9)13-18-14(11-3-2-5-16-15(11)21)20(19-13)10-4-6-25(22,23)8-10/h2-3,5,7,10H,4,6,8H2,1H3,(H,16,21). The second kappa shape index (κ2) is 5.88. The van der Waals surface area contributed by atoms with Crippen molar-refractivity contribution in [1.82, 2.24) is 24.7 Å². The molecule has 8 nitrogen and oxygen atoms in total. The summed E-state index contributed by atoms with van der Waals surface area (Å²) in [5.74, 6) is 0.883. The summed E-state index contributed by atoms with van der Waals surface area (Å²) < 4.78 is 25.3. The van der Waals surface area contributed by atoms with Crippen LogP contribution in [0.5, 0.6) is 0 Å². The normalized spacial score (nSPS) is 19.3. The van der Waals surface area contributed by atoms with Gasteiger partial charge < -0.3 is 4.98 Å². The number of thiazole rings is 1. The predicted molar refractivity (Wildman–Crippen MR) is 94.2 cm³/mol. The maximum absolute atomic E-state index is 12.2. The first-order valence-electron chi connectivity index (χ1n) is 7.70. The van der Waals surface area contributed by atoms with E-state index in [1.165, 1.54) is 17.5 Å². The molecule has 1 saturated heterocycles. The highest BCUT2D eigenvalue weighted by Crippen LogP contribution is 2.29. The third kappa shape index (κ3) is 3.02. The first kappa shape index (κ1) is 16.2. The highest BCUT2D eigenvalue weighted by atomic mass is 32.2. The average Bonchev–Trinajstić information content (AvgIpc) is 3.26. The molecule has 4 heterocycles. The molecular formula is C15H15N5O3S2. The van der Waals surface area contributed by atoms with Gasteiger partial charge >= 0.3 is 0 Å². The van der Waals surface area contributed by atoms with Crippen LogP contribution in [0.15, 0.2) is 28.5 Å². The van der Waals surface area contributed by atoms with E-state index in [0.29, 0.717) is 29.3 Å². The monoisotopic (exact) mass is 377 g/mol. The summed E-state index contributed by atoms with van der Waals surface area (Å²) in [4.78, 5) is 23.7. The maximum Gasteiger partial charge on any atom is 0.259 e. The Kier molecular flexibility index (Phi) is 3.80. The molecule has 3 aromatic rings. The van der Waals surface area contributed by atoms with Crippen molar-refractivity contribution in [3.05, 3.63) is 39.1 Å². The molecule has 1 unspecified atom stereocenters. The summed E-state index contributed by atoms with van der Waals surface area (Å²) in [6.45, 7) is 1.89. The zero-order chi connectivity index (χ0) is 17.6. The van der Waals surface area contributed by atoms with E-state index in [9.17, 15) is 13.2 Å². The van der Waals surface area contributed by atoms with Crippen molar-refractivity contribution in [2.24, 2.45) is 0 Å². The van der Waals surface area contributed by atoms with E-state index in [0.717, 1.165) is 5.01 Å². The van der Waals surface area contributed by atoms with Gasteiger partial charge in [-0.1, -0.05) is 0 Å². The molecule has 1 fully saturated rings. The Hall–Kier alpha value is -2.33. The van der Waals surface area contributed by atoms with Crippen LogP contribution in [0.25, 0.3) is 22.9 Å². The first-order valence-corrected chi connectivity index (χ1v) is 10.4. The molecule has 0 saturated carbocycles. The van der Waals surface area contributed by atoms with E-state index in [-0.39, 0.29) is 23.1 Å². The fraction of sp³-hybridized carbons (Fsp3) is 0.333. The van der Waals surface area contributed by atoms with Gasteiger partial charge in [0.05, 0.1) is 28.1 Å². The third-order valence-electron chi connectivity index (χ3n) is 4.09. The van der Waals surface area contributed by atoms with Crippen LogP contribution in [-0.4, -0.2) is 44.7 Å². The smallest absolute Gasteiger partial charge is 0.259 e. The van der Waals surface area contributed by atoms with Gasteiger partial charge in [0, 0.05) is 11.6 Å². The van der Waals surface area contributed by atoms with Gasteiger partial charge in [0.1, 0.15) is 5.69 Å². The van der Waals surface area contributed by atoms with Crippen molar-refractivity contribution >= 4 is 21.2 Å². The number of hydrogen-bond acceptors (Lipinski definition) is 7. The molecule has 25 heavy (non-hydrogen) atoms. The van der Waals surface area contributed by atoms with E-state index in [4.69, 9.17) is 0 Å². The van der Waals surface area contributed by atoms with Gasteiger partial charge in [0.25, 0.3) is 5.56 Å². The van der Waals surface area contributed by atoms with E-state index >= 15 is 0 Å². The number of sulfone groups is 1. The van der Waals surface area contributed by atoms with Crippen molar-refractivity contribution in [3.8, 4) is 22.9 Å². The first-order chi connectivity index (χ1) is 11.9. The van der Waals surface area contributed by atoms with Crippen molar-refractivity contribution in [3.63, 3.8) is 0 Å². The van der Waals surface area contributed by atoms with Gasteiger partial charge in [0.2, 0.25) is 5.82 Å². The Morgan fingerprint density at radius 1 is 1.36 bits per heavy atom. The SMILES string of the molecule is Cc1nc(-c2nc(-c3ccc[nH]c3=O)n(C3CCS(=O)(=O)C3)n2)cs1. The number of aryl methyl sites for hydroxylation is 1. The van der Waals surface area contributed by atoms with Crippen molar-refractivity contribution in [2.45, 2.75) is 19.4 Å². The molecule has 1 N–H and O–H groups in total. The molecule has 130 valence electrons. The highest BCUT2D eigenvalue weighted by Gasteiger charge is 2.32. The number of hydrogen-bond donors (Lipinski definition) is 1. The summed E-state index contributed by atoms with van der Waals surface area (Å²) in [6, 6.07) is 3.02. The third-order valence-corrected chi connectivity index (χ3v) is 6.62. The van der Waals surface area contributed by atoms with Gasteiger partial charge in [-0.15, -0.1) is 16.4 Å². The van der Waals surface area contributed by atoms with E-state index in [1.807, 2.05) is 12.3 Å². The van der Waals surface area contributed by atoms with Crippen molar-refractivity contribution < 1.29 is 8.42 Å². The fourth-order valence-corrected chi connectivity index (χ4v) is 5.19. The second-order valence-electron chi connectivity index (χ2n) is 5.93. The summed E-state index contributed by atoms with van der Waals surface area (Å²) in [5, 5.41) is 7.22. The van der Waals surface area contributed by atoms with Crippen molar-refractivity contribution in [1.29, 1.82) is 0 Å². The lowest BCUT2D eigenvalue weighted by Gasteiger charge is -2.11. The van der Waals surface area contributed by atoms with Crippen LogP contribution >= 0.6 is 11.3 Å². The Balaban J connectivity index is 1.88. The Labute approximate surface area is 147 Å². The molecule has 3 aromatic heterocycles. The molecule has 1 atom stereocenters. The average molecular weight is 377 g/mol. The lowest BCUT2D eigenvalue weighted by atomic mass is 10.2. The fourth-order valence-electron chi connectivity index (χ4n) is 2.90.